The molecule has 1 aromatic carbocycles. The van der Waals surface area contributed by atoms with Gasteiger partial charge in [0.25, 0.3) is 0 Å². The van der Waals surface area contributed by atoms with E-state index in [1.54, 1.807) is 18.3 Å². The van der Waals surface area contributed by atoms with Gasteiger partial charge in [0.15, 0.2) is 5.13 Å². The number of benzene rings is 1. The van der Waals surface area contributed by atoms with Crippen molar-refractivity contribution in [3.8, 4) is 11.3 Å². The van der Waals surface area contributed by atoms with Gasteiger partial charge in [-0.3, -0.25) is 4.79 Å². The number of rotatable bonds is 6. The molecule has 2 rings (SSSR count). The quantitative estimate of drug-likeness (QED) is 0.802. The molecule has 0 radical (unpaired) electrons. The molecule has 1 heterocycles. The van der Waals surface area contributed by atoms with E-state index in [1.807, 2.05) is 29.6 Å². The van der Waals surface area contributed by atoms with Gasteiger partial charge in [0, 0.05) is 29.7 Å². The molecule has 1 amide bonds. The van der Waals surface area contributed by atoms with Crippen molar-refractivity contribution in [3.63, 3.8) is 0 Å². The van der Waals surface area contributed by atoms with Gasteiger partial charge >= 0.3 is 0 Å². The molecule has 0 saturated heterocycles. The fraction of sp³-hybridized carbons (Fsp3) is 0.375. The van der Waals surface area contributed by atoms with Gasteiger partial charge in [-0.05, 0) is 32.9 Å². The fourth-order valence-electron chi connectivity index (χ4n) is 2.03. The van der Waals surface area contributed by atoms with Gasteiger partial charge in [0.1, 0.15) is 5.38 Å². The minimum atomic E-state index is -0.558. The molecule has 0 spiro atoms. The summed E-state index contributed by atoms with van der Waals surface area (Å²) in [6.07, 6.45) is 0. The van der Waals surface area contributed by atoms with Gasteiger partial charge in [0.2, 0.25) is 5.91 Å². The minimum absolute atomic E-state index is 0.207. The monoisotopic (exact) mass is 337 g/mol. The molecule has 0 aliphatic rings. The number of aromatic nitrogens is 1. The minimum Gasteiger partial charge on any atom is -0.349 e. The van der Waals surface area contributed by atoms with Gasteiger partial charge in [-0.1, -0.05) is 12.1 Å². The number of nitrogens with one attached hydrogen (secondary N) is 1. The summed E-state index contributed by atoms with van der Waals surface area (Å²) in [7, 11) is 0. The van der Waals surface area contributed by atoms with Crippen LogP contribution in [0.2, 0.25) is 0 Å². The van der Waals surface area contributed by atoms with Crippen molar-refractivity contribution in [1.29, 1.82) is 0 Å². The predicted octanol–water partition coefficient (Wildman–Crippen LogP) is 4.22. The van der Waals surface area contributed by atoms with Crippen LogP contribution in [0.5, 0.6) is 0 Å². The second-order valence-electron chi connectivity index (χ2n) is 4.87. The van der Waals surface area contributed by atoms with E-state index in [4.69, 9.17) is 11.6 Å². The van der Waals surface area contributed by atoms with E-state index < -0.39 is 5.38 Å². The van der Waals surface area contributed by atoms with Crippen molar-refractivity contribution in [2.45, 2.75) is 26.1 Å². The number of halogens is 1. The zero-order valence-corrected chi connectivity index (χ0v) is 14.5. The standard InChI is InChI=1S/C16H20ClN3OS/c1-4-20(5-2)16-19-14(10-22-16)12-7-6-8-13(9-12)18-15(21)11(3)17/h6-11H,4-5H2,1-3H3,(H,18,21)/t11-/m0/s1. The molecule has 6 heteroatoms. The summed E-state index contributed by atoms with van der Waals surface area (Å²) >= 11 is 7.41. The Kier molecular flexibility index (Phi) is 5.80. The van der Waals surface area contributed by atoms with E-state index in [0.717, 1.165) is 35.2 Å². The van der Waals surface area contributed by atoms with Gasteiger partial charge in [-0.15, -0.1) is 22.9 Å². The topological polar surface area (TPSA) is 45.2 Å². The third kappa shape index (κ3) is 3.99. The van der Waals surface area contributed by atoms with Crippen LogP contribution < -0.4 is 10.2 Å². The molecule has 0 fully saturated rings. The predicted molar refractivity (Wildman–Crippen MR) is 95.1 cm³/mol. The molecule has 0 unspecified atom stereocenters. The van der Waals surface area contributed by atoms with E-state index in [9.17, 15) is 4.79 Å². The zero-order valence-electron chi connectivity index (χ0n) is 13.0. The molecule has 0 saturated carbocycles. The van der Waals surface area contributed by atoms with E-state index in [0.29, 0.717) is 0 Å². The van der Waals surface area contributed by atoms with Crippen LogP contribution >= 0.6 is 22.9 Å². The highest BCUT2D eigenvalue weighted by molar-refractivity contribution is 7.14. The van der Waals surface area contributed by atoms with Crippen LogP contribution in [-0.4, -0.2) is 29.4 Å². The van der Waals surface area contributed by atoms with Crippen LogP contribution in [0.25, 0.3) is 11.3 Å². The van der Waals surface area contributed by atoms with E-state index in [-0.39, 0.29) is 5.91 Å². The highest BCUT2D eigenvalue weighted by Crippen LogP contribution is 2.28. The Balaban J connectivity index is 2.21. The molecule has 118 valence electrons. The molecule has 1 aromatic heterocycles. The Labute approximate surface area is 140 Å². The summed E-state index contributed by atoms with van der Waals surface area (Å²) in [5, 5.41) is 5.30. The van der Waals surface area contributed by atoms with Crippen molar-refractivity contribution < 1.29 is 4.79 Å². The lowest BCUT2D eigenvalue weighted by molar-refractivity contribution is -0.115. The summed E-state index contributed by atoms with van der Waals surface area (Å²) in [6.45, 7) is 7.76. The molecular weight excluding hydrogens is 318 g/mol. The molecule has 0 aliphatic carbocycles. The van der Waals surface area contributed by atoms with Crippen LogP contribution in [0.15, 0.2) is 29.6 Å². The number of hydrogen-bond donors (Lipinski definition) is 1. The summed E-state index contributed by atoms with van der Waals surface area (Å²) < 4.78 is 0. The first kappa shape index (κ1) is 16.8. The van der Waals surface area contributed by atoms with Crippen molar-refractivity contribution in [2.75, 3.05) is 23.3 Å². The number of carbonyl (C=O) groups is 1. The lowest BCUT2D eigenvalue weighted by Crippen LogP contribution is -2.21. The zero-order chi connectivity index (χ0) is 16.1. The van der Waals surface area contributed by atoms with Crippen LogP contribution in [0.4, 0.5) is 10.8 Å². The van der Waals surface area contributed by atoms with Gasteiger partial charge in [0.05, 0.1) is 5.69 Å². The largest absolute Gasteiger partial charge is 0.349 e. The second-order valence-corrected chi connectivity index (χ2v) is 6.36. The average Bonchev–Trinajstić information content (AvgIpc) is 2.98. The highest BCUT2D eigenvalue weighted by atomic mass is 35.5. The summed E-state index contributed by atoms with van der Waals surface area (Å²) in [6, 6.07) is 7.65. The lowest BCUT2D eigenvalue weighted by Gasteiger charge is -2.16. The Morgan fingerprint density at radius 1 is 1.41 bits per heavy atom. The molecule has 22 heavy (non-hydrogen) atoms. The Hall–Kier alpha value is -1.59. The molecule has 2 aromatic rings. The second kappa shape index (κ2) is 7.61. The number of carbonyl (C=O) groups excluding carboxylic acids is 1. The Morgan fingerprint density at radius 2 is 2.14 bits per heavy atom. The van der Waals surface area contributed by atoms with E-state index >= 15 is 0 Å². The number of nitrogens with zero attached hydrogens (tertiary/aromatic N) is 2. The van der Waals surface area contributed by atoms with Gasteiger partial charge in [-0.2, -0.15) is 0 Å². The maximum Gasteiger partial charge on any atom is 0.242 e. The number of hydrogen-bond acceptors (Lipinski definition) is 4. The van der Waals surface area contributed by atoms with E-state index in [2.05, 4.69) is 29.0 Å². The molecule has 4 nitrogen and oxygen atoms in total. The number of thiazole rings is 1. The van der Waals surface area contributed by atoms with Crippen LogP contribution in [-0.2, 0) is 4.79 Å². The number of alkyl halides is 1. The highest BCUT2D eigenvalue weighted by Gasteiger charge is 2.12. The maximum atomic E-state index is 11.7. The molecule has 0 aliphatic heterocycles. The molecule has 1 atom stereocenters. The summed E-state index contributed by atoms with van der Waals surface area (Å²) in [5.74, 6) is -0.207. The van der Waals surface area contributed by atoms with Crippen molar-refractivity contribution in [2.24, 2.45) is 0 Å². The number of anilines is 2. The number of amides is 1. The van der Waals surface area contributed by atoms with Crippen molar-refractivity contribution in [3.05, 3.63) is 29.6 Å². The smallest absolute Gasteiger partial charge is 0.242 e. The summed E-state index contributed by atoms with van der Waals surface area (Å²) in [5.41, 5.74) is 2.63. The maximum absolute atomic E-state index is 11.7. The third-order valence-corrected chi connectivity index (χ3v) is 4.41. The lowest BCUT2D eigenvalue weighted by atomic mass is 10.1. The van der Waals surface area contributed by atoms with Crippen molar-refractivity contribution >= 4 is 39.7 Å². The van der Waals surface area contributed by atoms with Crippen LogP contribution in [0.3, 0.4) is 0 Å². The van der Waals surface area contributed by atoms with E-state index in [1.165, 1.54) is 0 Å². The third-order valence-electron chi connectivity index (χ3n) is 3.31. The first-order chi connectivity index (χ1) is 10.5. The van der Waals surface area contributed by atoms with Crippen molar-refractivity contribution in [1.82, 2.24) is 4.98 Å². The Morgan fingerprint density at radius 3 is 2.77 bits per heavy atom. The SMILES string of the molecule is CCN(CC)c1nc(-c2cccc(NC(=O)[C@H](C)Cl)c2)cs1. The molecule has 0 bridgehead atoms. The Bertz CT molecular complexity index is 638. The summed E-state index contributed by atoms with van der Waals surface area (Å²) in [4.78, 5) is 18.6. The van der Waals surface area contributed by atoms with Crippen LogP contribution in [0, 0.1) is 0 Å². The first-order valence-corrected chi connectivity index (χ1v) is 8.62. The average molecular weight is 338 g/mol. The fourth-order valence-corrected chi connectivity index (χ4v) is 3.05. The van der Waals surface area contributed by atoms with Gasteiger partial charge < -0.3 is 10.2 Å². The van der Waals surface area contributed by atoms with Gasteiger partial charge in [-0.25, -0.2) is 4.98 Å². The molecule has 1 N–H and O–H groups in total. The molecular formula is C16H20ClN3OS. The first-order valence-electron chi connectivity index (χ1n) is 7.31. The van der Waals surface area contributed by atoms with Crippen LogP contribution in [0.1, 0.15) is 20.8 Å². The normalized spacial score (nSPS) is 12.0.